The first-order valence-corrected chi connectivity index (χ1v) is 4.74. The molecule has 0 fully saturated rings. The molecule has 11 heavy (non-hydrogen) atoms. The Balaban J connectivity index is 3.70. The highest BCUT2D eigenvalue weighted by atomic mass is 32.2. The molecule has 0 heterocycles. The molecule has 0 saturated carbocycles. The molecule has 0 saturated heterocycles. The first-order valence-electron chi connectivity index (χ1n) is 3.23. The summed E-state index contributed by atoms with van der Waals surface area (Å²) in [5.41, 5.74) is -1.65. The van der Waals surface area contributed by atoms with E-state index in [1.165, 1.54) is 0 Å². The van der Waals surface area contributed by atoms with Gasteiger partial charge in [0.1, 0.15) is 0 Å². The second-order valence-corrected chi connectivity index (χ2v) is 3.76. The average molecular weight is 180 g/mol. The summed E-state index contributed by atoms with van der Waals surface area (Å²) in [5.74, 6) is 0. The van der Waals surface area contributed by atoms with Crippen LogP contribution in [0.15, 0.2) is 12.7 Å². The smallest absolute Gasteiger partial charge is 0.291 e. The van der Waals surface area contributed by atoms with Crippen LogP contribution in [0, 0.1) is 0 Å². The summed E-state index contributed by atoms with van der Waals surface area (Å²) in [6, 6.07) is 0. The normalized spacial score (nSPS) is 14.4. The van der Waals surface area contributed by atoms with Crippen LogP contribution in [-0.2, 0) is 10.1 Å². The van der Waals surface area contributed by atoms with Gasteiger partial charge in [-0.2, -0.15) is 8.42 Å². The summed E-state index contributed by atoms with van der Waals surface area (Å²) >= 11 is 0. The van der Waals surface area contributed by atoms with Crippen LogP contribution in [0.3, 0.4) is 0 Å². The number of rotatable bonds is 5. The fourth-order valence-corrected chi connectivity index (χ4v) is 1.05. The maximum absolute atomic E-state index is 10.2. The van der Waals surface area contributed by atoms with E-state index in [-0.39, 0.29) is 6.42 Å². The van der Waals surface area contributed by atoms with Crippen LogP contribution >= 0.6 is 0 Å². The van der Waals surface area contributed by atoms with Crippen LogP contribution < -0.4 is 0 Å². The number of hydrogen-bond acceptors (Lipinski definition) is 3. The zero-order valence-electron chi connectivity index (χ0n) is 6.10. The second kappa shape index (κ2) is 4.48. The molecule has 0 bridgehead atoms. The molecule has 5 heteroatoms. The van der Waals surface area contributed by atoms with Gasteiger partial charge in [-0.05, 0) is 19.3 Å². The van der Waals surface area contributed by atoms with Crippen molar-refractivity contribution >= 4 is 10.1 Å². The maximum atomic E-state index is 10.2. The van der Waals surface area contributed by atoms with Crippen molar-refractivity contribution in [1.29, 1.82) is 0 Å². The Bertz CT molecular complexity index is 207. The van der Waals surface area contributed by atoms with Gasteiger partial charge < -0.3 is 5.11 Å². The summed E-state index contributed by atoms with van der Waals surface area (Å²) in [4.78, 5) is 0. The molecule has 0 aliphatic carbocycles. The summed E-state index contributed by atoms with van der Waals surface area (Å²) < 4.78 is 28.7. The van der Waals surface area contributed by atoms with Crippen LogP contribution in [0.4, 0.5) is 0 Å². The van der Waals surface area contributed by atoms with Gasteiger partial charge in [-0.25, -0.2) is 0 Å². The highest BCUT2D eigenvalue weighted by Crippen LogP contribution is 2.05. The molecule has 0 spiro atoms. The number of unbranched alkanes of at least 4 members (excludes halogenated alkanes) is 1. The van der Waals surface area contributed by atoms with Gasteiger partial charge in [0, 0.05) is 0 Å². The van der Waals surface area contributed by atoms with E-state index in [2.05, 4.69) is 6.58 Å². The molecule has 0 aromatic carbocycles. The Morgan fingerprint density at radius 3 is 2.45 bits per heavy atom. The van der Waals surface area contributed by atoms with Crippen molar-refractivity contribution in [3.63, 3.8) is 0 Å². The zero-order chi connectivity index (χ0) is 8.91. The van der Waals surface area contributed by atoms with E-state index >= 15 is 0 Å². The number of aliphatic hydroxyl groups is 1. The van der Waals surface area contributed by atoms with Gasteiger partial charge in [0.2, 0.25) is 0 Å². The number of aliphatic hydroxyl groups excluding tert-OH is 1. The number of allylic oxidation sites excluding steroid dienone is 1. The van der Waals surface area contributed by atoms with Crippen molar-refractivity contribution in [1.82, 2.24) is 0 Å². The highest BCUT2D eigenvalue weighted by Gasteiger charge is 2.17. The molecular formula is C6H12O4S. The molecule has 66 valence electrons. The summed E-state index contributed by atoms with van der Waals surface area (Å²) in [6.07, 6.45) is 2.80. The van der Waals surface area contributed by atoms with Gasteiger partial charge in [-0.15, -0.1) is 6.58 Å². The van der Waals surface area contributed by atoms with Crippen molar-refractivity contribution in [3.05, 3.63) is 12.7 Å². The third-order valence-electron chi connectivity index (χ3n) is 1.20. The Morgan fingerprint density at radius 1 is 1.55 bits per heavy atom. The predicted octanol–water partition coefficient (Wildman–Crippen LogP) is 0.549. The van der Waals surface area contributed by atoms with Crippen molar-refractivity contribution in [3.8, 4) is 0 Å². The van der Waals surface area contributed by atoms with Crippen LogP contribution in [-0.4, -0.2) is 23.5 Å². The van der Waals surface area contributed by atoms with E-state index < -0.39 is 15.6 Å². The molecule has 0 rings (SSSR count). The molecule has 0 aliphatic heterocycles. The zero-order valence-corrected chi connectivity index (χ0v) is 6.92. The Morgan fingerprint density at radius 2 is 2.09 bits per heavy atom. The minimum absolute atomic E-state index is 0.0465. The van der Waals surface area contributed by atoms with Crippen LogP contribution in [0.2, 0.25) is 0 Å². The lowest BCUT2D eigenvalue weighted by molar-refractivity contribution is 0.221. The standard InChI is InChI=1S/C6H12O4S/c1-2-3-4-5-6(7)11(8,9)10/h2,6-7H,1,3-5H2,(H,8,9,10). The third-order valence-corrected chi connectivity index (χ3v) is 2.13. The van der Waals surface area contributed by atoms with Crippen LogP contribution in [0.1, 0.15) is 19.3 Å². The van der Waals surface area contributed by atoms with E-state index in [9.17, 15) is 8.42 Å². The van der Waals surface area contributed by atoms with E-state index in [0.29, 0.717) is 12.8 Å². The summed E-state index contributed by atoms with van der Waals surface area (Å²) in [6.45, 7) is 3.43. The van der Waals surface area contributed by atoms with Crippen LogP contribution in [0.25, 0.3) is 0 Å². The Hall–Kier alpha value is -0.390. The predicted molar refractivity (Wildman–Crippen MR) is 41.6 cm³/mol. The Labute approximate surface area is 66.3 Å². The first-order chi connectivity index (χ1) is 4.98. The fourth-order valence-electron chi connectivity index (χ4n) is 0.586. The lowest BCUT2D eigenvalue weighted by Gasteiger charge is -2.04. The quantitative estimate of drug-likeness (QED) is 0.368. The van der Waals surface area contributed by atoms with Gasteiger partial charge in [0.15, 0.2) is 5.44 Å². The fraction of sp³-hybridized carbons (Fsp3) is 0.667. The second-order valence-electron chi connectivity index (χ2n) is 2.19. The number of hydrogen-bond donors (Lipinski definition) is 2. The maximum Gasteiger partial charge on any atom is 0.291 e. The lowest BCUT2D eigenvalue weighted by Crippen LogP contribution is -2.19. The van der Waals surface area contributed by atoms with Gasteiger partial charge in [-0.3, -0.25) is 4.55 Å². The van der Waals surface area contributed by atoms with Gasteiger partial charge in [-0.1, -0.05) is 6.08 Å². The molecule has 0 aromatic heterocycles. The minimum Gasteiger partial charge on any atom is -0.375 e. The van der Waals surface area contributed by atoms with Crippen molar-refractivity contribution in [2.75, 3.05) is 0 Å². The molecule has 4 nitrogen and oxygen atoms in total. The van der Waals surface area contributed by atoms with E-state index in [4.69, 9.17) is 9.66 Å². The lowest BCUT2D eigenvalue weighted by atomic mass is 10.2. The van der Waals surface area contributed by atoms with Crippen molar-refractivity contribution < 1.29 is 18.1 Å². The van der Waals surface area contributed by atoms with E-state index in [1.54, 1.807) is 6.08 Å². The average Bonchev–Trinajstić information content (AvgIpc) is 1.86. The topological polar surface area (TPSA) is 74.6 Å². The van der Waals surface area contributed by atoms with Crippen molar-refractivity contribution in [2.24, 2.45) is 0 Å². The Kier molecular flexibility index (Phi) is 4.32. The van der Waals surface area contributed by atoms with E-state index in [1.807, 2.05) is 0 Å². The molecule has 0 radical (unpaired) electrons. The van der Waals surface area contributed by atoms with Gasteiger partial charge >= 0.3 is 0 Å². The molecule has 1 unspecified atom stereocenters. The third kappa shape index (κ3) is 4.94. The molecule has 2 N–H and O–H groups in total. The first kappa shape index (κ1) is 10.6. The van der Waals surface area contributed by atoms with Gasteiger partial charge in [0.05, 0.1) is 0 Å². The van der Waals surface area contributed by atoms with Gasteiger partial charge in [0.25, 0.3) is 10.1 Å². The molecule has 0 amide bonds. The molecule has 0 aromatic rings. The highest BCUT2D eigenvalue weighted by molar-refractivity contribution is 7.86. The summed E-state index contributed by atoms with van der Waals surface area (Å²) in [5, 5.41) is 8.74. The monoisotopic (exact) mass is 180 g/mol. The van der Waals surface area contributed by atoms with Crippen LogP contribution in [0.5, 0.6) is 0 Å². The largest absolute Gasteiger partial charge is 0.375 e. The SMILES string of the molecule is C=CCCCC(O)S(=O)(=O)O. The summed E-state index contributed by atoms with van der Waals surface area (Å²) in [7, 11) is -4.26. The minimum atomic E-state index is -4.26. The van der Waals surface area contributed by atoms with Crippen molar-refractivity contribution in [2.45, 2.75) is 24.7 Å². The molecular weight excluding hydrogens is 168 g/mol. The molecule has 0 aliphatic rings. The molecule has 1 atom stereocenters. The van der Waals surface area contributed by atoms with E-state index in [0.717, 1.165) is 0 Å².